The second-order valence-corrected chi connectivity index (χ2v) is 7.67. The highest BCUT2D eigenvalue weighted by atomic mass is 16.6. The minimum Gasteiger partial charge on any atom is -0.493 e. The van der Waals surface area contributed by atoms with Crippen molar-refractivity contribution in [1.29, 1.82) is 0 Å². The third-order valence-electron chi connectivity index (χ3n) is 7.05. The van der Waals surface area contributed by atoms with Crippen LogP contribution in [-0.2, 0) is 16.6 Å². The van der Waals surface area contributed by atoms with E-state index in [1.165, 1.54) is 24.0 Å². The summed E-state index contributed by atoms with van der Waals surface area (Å²) >= 11 is 0. The Morgan fingerprint density at radius 2 is 2.13 bits per heavy atom. The Labute approximate surface area is 137 Å². The predicted molar refractivity (Wildman–Crippen MR) is 87.3 cm³/mol. The first kappa shape index (κ1) is 14.1. The van der Waals surface area contributed by atoms with Gasteiger partial charge in [0.15, 0.2) is 11.5 Å². The first-order chi connectivity index (χ1) is 11.2. The molecule has 5 atom stereocenters. The van der Waals surface area contributed by atoms with Crippen LogP contribution in [-0.4, -0.2) is 51.0 Å². The van der Waals surface area contributed by atoms with Gasteiger partial charge >= 0.3 is 0 Å². The quantitative estimate of drug-likeness (QED) is 0.838. The van der Waals surface area contributed by atoms with Gasteiger partial charge in [-0.25, -0.2) is 0 Å². The van der Waals surface area contributed by atoms with E-state index < -0.39 is 0 Å². The zero-order valence-electron chi connectivity index (χ0n) is 14.2. The monoisotopic (exact) mass is 315 g/mol. The van der Waals surface area contributed by atoms with Crippen molar-refractivity contribution >= 4 is 0 Å². The lowest BCUT2D eigenvalue weighted by Crippen LogP contribution is -2.66. The van der Waals surface area contributed by atoms with Crippen LogP contribution in [0.5, 0.6) is 11.5 Å². The van der Waals surface area contributed by atoms with Crippen LogP contribution in [0.2, 0.25) is 0 Å². The Kier molecular flexibility index (Phi) is 2.85. The summed E-state index contributed by atoms with van der Waals surface area (Å²) in [4.78, 5) is 2.57. The molecule has 1 aromatic rings. The van der Waals surface area contributed by atoms with Gasteiger partial charge in [0.2, 0.25) is 0 Å². The maximum absolute atomic E-state index is 6.57. The van der Waals surface area contributed by atoms with Crippen molar-refractivity contribution in [3.05, 3.63) is 23.3 Å². The van der Waals surface area contributed by atoms with Gasteiger partial charge in [-0.15, -0.1) is 0 Å². The van der Waals surface area contributed by atoms with Gasteiger partial charge < -0.3 is 19.1 Å². The van der Waals surface area contributed by atoms with Gasteiger partial charge in [-0.05, 0) is 56.8 Å². The fourth-order valence-electron chi connectivity index (χ4n) is 6.08. The molecule has 1 spiro atoms. The van der Waals surface area contributed by atoms with E-state index in [1.807, 2.05) is 7.11 Å². The molecule has 1 saturated carbocycles. The van der Waals surface area contributed by atoms with Gasteiger partial charge in [-0.1, -0.05) is 6.07 Å². The number of piperidine rings is 1. The van der Waals surface area contributed by atoms with E-state index >= 15 is 0 Å². The molecular formula is C19H25NO3. The van der Waals surface area contributed by atoms with E-state index in [4.69, 9.17) is 14.2 Å². The summed E-state index contributed by atoms with van der Waals surface area (Å²) in [5, 5.41) is 0. The van der Waals surface area contributed by atoms with Crippen molar-refractivity contribution in [2.45, 2.75) is 49.3 Å². The predicted octanol–water partition coefficient (Wildman–Crippen LogP) is 2.38. The normalized spacial score (nSPS) is 40.5. The molecule has 4 nitrogen and oxygen atoms in total. The molecule has 4 aliphatic rings. The van der Waals surface area contributed by atoms with Crippen LogP contribution >= 0.6 is 0 Å². The standard InChI is InChI=1S/C19H25NO3/c1-20-9-8-19-12-5-7-15(22-3)18(19)23-17-14(21-2)6-4-11(16(17)19)10-13(12)20/h4,6,12-13,15,18H,5,7-10H2,1-3H3/t12?,13-,15?,18+,19+/m1/s1. The molecule has 0 radical (unpaired) electrons. The number of methoxy groups -OCH3 is 2. The second-order valence-electron chi connectivity index (χ2n) is 7.67. The van der Waals surface area contributed by atoms with Crippen LogP contribution in [0.3, 0.4) is 0 Å². The van der Waals surface area contributed by atoms with Crippen molar-refractivity contribution in [2.24, 2.45) is 5.92 Å². The van der Waals surface area contributed by atoms with Gasteiger partial charge in [0.25, 0.3) is 0 Å². The number of ether oxygens (including phenoxy) is 3. The Morgan fingerprint density at radius 1 is 1.26 bits per heavy atom. The number of likely N-dealkylation sites (N-methyl/N-ethyl adjacent to an activating group) is 1. The van der Waals surface area contributed by atoms with Crippen LogP contribution in [0.1, 0.15) is 30.4 Å². The van der Waals surface area contributed by atoms with Gasteiger partial charge in [0, 0.05) is 24.1 Å². The lowest BCUT2D eigenvalue weighted by Gasteiger charge is -2.58. The summed E-state index contributed by atoms with van der Waals surface area (Å²) in [6.07, 6.45) is 4.99. The first-order valence-corrected chi connectivity index (χ1v) is 8.80. The molecule has 23 heavy (non-hydrogen) atoms. The summed E-state index contributed by atoms with van der Waals surface area (Å²) in [5.41, 5.74) is 3.05. The number of likely N-dealkylation sites (tertiary alicyclic amines) is 1. The number of hydrogen-bond acceptors (Lipinski definition) is 4. The van der Waals surface area contributed by atoms with Crippen molar-refractivity contribution in [3.8, 4) is 11.5 Å². The maximum Gasteiger partial charge on any atom is 0.165 e. The molecule has 2 unspecified atom stereocenters. The van der Waals surface area contributed by atoms with Crippen LogP contribution in [0.4, 0.5) is 0 Å². The lowest BCUT2D eigenvalue weighted by atomic mass is 9.51. The molecule has 124 valence electrons. The lowest BCUT2D eigenvalue weighted by molar-refractivity contribution is -0.111. The van der Waals surface area contributed by atoms with Gasteiger partial charge in [-0.3, -0.25) is 0 Å². The minimum absolute atomic E-state index is 0.132. The Morgan fingerprint density at radius 3 is 2.91 bits per heavy atom. The van der Waals surface area contributed by atoms with Crippen LogP contribution < -0.4 is 9.47 Å². The summed E-state index contributed by atoms with van der Waals surface area (Å²) in [5.74, 6) is 2.57. The van der Waals surface area contributed by atoms with E-state index in [2.05, 4.69) is 24.1 Å². The largest absolute Gasteiger partial charge is 0.493 e. The Balaban J connectivity index is 1.77. The van der Waals surface area contributed by atoms with E-state index in [1.54, 1.807) is 7.11 Å². The Hall–Kier alpha value is -1.26. The first-order valence-electron chi connectivity index (χ1n) is 8.80. The van der Waals surface area contributed by atoms with Crippen molar-refractivity contribution in [3.63, 3.8) is 0 Å². The summed E-state index contributed by atoms with van der Waals surface area (Å²) in [6.45, 7) is 1.15. The highest BCUT2D eigenvalue weighted by molar-refractivity contribution is 5.61. The van der Waals surface area contributed by atoms with Gasteiger partial charge in [0.1, 0.15) is 6.10 Å². The molecule has 1 aromatic carbocycles. The maximum atomic E-state index is 6.57. The molecular weight excluding hydrogens is 290 g/mol. The average Bonchev–Trinajstić information content (AvgIpc) is 2.92. The van der Waals surface area contributed by atoms with Crippen molar-refractivity contribution in [1.82, 2.24) is 4.90 Å². The van der Waals surface area contributed by atoms with Crippen LogP contribution in [0.25, 0.3) is 0 Å². The van der Waals surface area contributed by atoms with E-state index in [0.717, 1.165) is 30.9 Å². The molecule has 0 amide bonds. The average molecular weight is 315 g/mol. The Bertz CT molecular complexity index is 660. The fourth-order valence-corrected chi connectivity index (χ4v) is 6.08. The molecule has 5 rings (SSSR count). The van der Waals surface area contributed by atoms with E-state index in [9.17, 15) is 0 Å². The topological polar surface area (TPSA) is 30.9 Å². The summed E-state index contributed by atoms with van der Waals surface area (Å²) < 4.78 is 18.1. The molecule has 4 heteroatoms. The highest BCUT2D eigenvalue weighted by Crippen LogP contribution is 2.63. The number of benzene rings is 1. The molecule has 0 N–H and O–H groups in total. The van der Waals surface area contributed by atoms with Crippen LogP contribution in [0, 0.1) is 5.92 Å². The molecule has 1 saturated heterocycles. The minimum atomic E-state index is 0.132. The third kappa shape index (κ3) is 1.54. The molecule has 2 fully saturated rings. The van der Waals surface area contributed by atoms with E-state index in [-0.39, 0.29) is 17.6 Å². The fraction of sp³-hybridized carbons (Fsp3) is 0.684. The third-order valence-corrected chi connectivity index (χ3v) is 7.05. The molecule has 2 heterocycles. The van der Waals surface area contributed by atoms with Gasteiger partial charge in [-0.2, -0.15) is 0 Å². The summed E-state index contributed by atoms with van der Waals surface area (Å²) in [7, 11) is 5.87. The number of hydrogen-bond donors (Lipinski definition) is 0. The second kappa shape index (κ2) is 4.64. The molecule has 2 bridgehead atoms. The van der Waals surface area contributed by atoms with E-state index in [0.29, 0.717) is 12.0 Å². The van der Waals surface area contributed by atoms with Crippen LogP contribution in [0.15, 0.2) is 12.1 Å². The van der Waals surface area contributed by atoms with Crippen molar-refractivity contribution < 1.29 is 14.2 Å². The van der Waals surface area contributed by atoms with Gasteiger partial charge in [0.05, 0.1) is 13.2 Å². The molecule has 2 aliphatic heterocycles. The number of nitrogens with zero attached hydrogens (tertiary/aromatic N) is 1. The SMILES string of the molecule is COc1ccc2c3c1O[C@H]1C(OC)CCC4[C@@H](C2)N(C)CC[C@@]341. The highest BCUT2D eigenvalue weighted by Gasteiger charge is 2.65. The zero-order valence-corrected chi connectivity index (χ0v) is 14.2. The molecule has 2 aliphatic carbocycles. The summed E-state index contributed by atoms with van der Waals surface area (Å²) in [6, 6.07) is 4.99. The number of rotatable bonds is 2. The van der Waals surface area contributed by atoms with Crippen molar-refractivity contribution in [2.75, 3.05) is 27.8 Å². The zero-order chi connectivity index (χ0) is 15.8. The molecule has 0 aromatic heterocycles. The smallest absolute Gasteiger partial charge is 0.165 e.